The van der Waals surface area contributed by atoms with E-state index in [1.807, 2.05) is 54.6 Å². The first kappa shape index (κ1) is 17.9. The number of imidazole rings is 1. The van der Waals surface area contributed by atoms with Crippen LogP contribution in [-0.4, -0.2) is 32.3 Å². The molecule has 0 bridgehead atoms. The van der Waals surface area contributed by atoms with Crippen molar-refractivity contribution in [1.29, 1.82) is 0 Å². The highest BCUT2D eigenvalue weighted by Crippen LogP contribution is 2.28. The van der Waals surface area contributed by atoms with Crippen molar-refractivity contribution in [2.45, 2.75) is 6.54 Å². The molecule has 0 fully saturated rings. The lowest BCUT2D eigenvalue weighted by Gasteiger charge is -2.10. The van der Waals surface area contributed by atoms with E-state index in [4.69, 9.17) is 9.72 Å². The van der Waals surface area contributed by atoms with E-state index in [-0.39, 0.29) is 0 Å². The van der Waals surface area contributed by atoms with E-state index in [0.29, 0.717) is 18.2 Å². The predicted octanol–water partition coefficient (Wildman–Crippen LogP) is 4.64. The minimum atomic E-state index is 0.628. The Morgan fingerprint density at radius 1 is 1.00 bits per heavy atom. The van der Waals surface area contributed by atoms with Gasteiger partial charge in [0, 0.05) is 23.4 Å². The Morgan fingerprint density at radius 2 is 1.93 bits per heavy atom. The van der Waals surface area contributed by atoms with Gasteiger partial charge in [-0.05, 0) is 42.0 Å². The van der Waals surface area contributed by atoms with Crippen LogP contribution in [0.3, 0.4) is 0 Å². The molecule has 0 radical (unpaired) electrons. The third kappa shape index (κ3) is 3.48. The number of hydrogen-bond acceptors (Lipinski definition) is 5. The summed E-state index contributed by atoms with van der Waals surface area (Å²) in [5, 5.41) is 11.0. The maximum absolute atomic E-state index is 5.30. The summed E-state index contributed by atoms with van der Waals surface area (Å²) in [5.41, 5.74) is 6.00. The Kier molecular flexibility index (Phi) is 4.61. The second kappa shape index (κ2) is 7.71. The standard InChI is InChI=1S/C23H20N6O/c1-30-17-6-4-5-16(12-17)22-27-23(29-28-22)18-7-2-3-8-19(18)24-13-15-9-10-20-21(11-15)26-14-25-20/h2-12,14,24H,13H2,1H3,(H,25,26)(H,27,28,29). The van der Waals surface area contributed by atoms with Crippen LogP contribution in [0, 0.1) is 0 Å². The third-order valence-electron chi connectivity index (χ3n) is 4.96. The molecule has 0 atom stereocenters. The van der Waals surface area contributed by atoms with Gasteiger partial charge in [-0.1, -0.05) is 30.3 Å². The van der Waals surface area contributed by atoms with E-state index < -0.39 is 0 Å². The fraction of sp³-hybridized carbons (Fsp3) is 0.0870. The summed E-state index contributed by atoms with van der Waals surface area (Å²) in [4.78, 5) is 12.1. The summed E-state index contributed by atoms with van der Waals surface area (Å²) in [7, 11) is 1.65. The van der Waals surface area contributed by atoms with Crippen molar-refractivity contribution in [3.05, 3.63) is 78.6 Å². The number of aromatic amines is 2. The SMILES string of the molecule is COc1cccc(-c2n[nH]c(-c3ccccc3NCc3ccc4nc[nH]c4c3)n2)c1. The number of rotatable bonds is 6. The van der Waals surface area contributed by atoms with E-state index in [1.54, 1.807) is 13.4 Å². The molecule has 0 aliphatic rings. The van der Waals surface area contributed by atoms with Crippen LogP contribution in [0.1, 0.15) is 5.56 Å². The summed E-state index contributed by atoms with van der Waals surface area (Å²) >= 11 is 0. The van der Waals surface area contributed by atoms with Gasteiger partial charge in [-0.25, -0.2) is 9.97 Å². The molecule has 0 aliphatic carbocycles. The Hall–Kier alpha value is -4.13. The monoisotopic (exact) mass is 396 g/mol. The van der Waals surface area contributed by atoms with Crippen LogP contribution in [0.15, 0.2) is 73.1 Å². The quantitative estimate of drug-likeness (QED) is 0.389. The molecule has 0 unspecified atom stereocenters. The Balaban J connectivity index is 1.40. The molecule has 0 saturated carbocycles. The lowest BCUT2D eigenvalue weighted by molar-refractivity contribution is 0.415. The van der Waals surface area contributed by atoms with Crippen molar-refractivity contribution in [2.24, 2.45) is 0 Å². The summed E-state index contributed by atoms with van der Waals surface area (Å²) in [6, 6.07) is 22.0. The topological polar surface area (TPSA) is 91.5 Å². The van der Waals surface area contributed by atoms with Crippen LogP contribution in [0.2, 0.25) is 0 Å². The molecule has 2 heterocycles. The van der Waals surface area contributed by atoms with Crippen molar-refractivity contribution in [3.63, 3.8) is 0 Å². The molecule has 0 spiro atoms. The van der Waals surface area contributed by atoms with Gasteiger partial charge in [-0.15, -0.1) is 0 Å². The number of nitrogens with one attached hydrogen (secondary N) is 3. The predicted molar refractivity (Wildman–Crippen MR) is 117 cm³/mol. The molecule has 30 heavy (non-hydrogen) atoms. The Labute approximate surface area is 173 Å². The Bertz CT molecular complexity index is 1310. The molecular formula is C23H20N6O. The fourth-order valence-electron chi connectivity index (χ4n) is 3.41. The van der Waals surface area contributed by atoms with Gasteiger partial charge in [0.1, 0.15) is 5.75 Å². The van der Waals surface area contributed by atoms with E-state index in [1.165, 1.54) is 0 Å². The lowest BCUT2D eigenvalue weighted by Crippen LogP contribution is -2.01. The second-order valence-electron chi connectivity index (χ2n) is 6.89. The first-order valence-electron chi connectivity index (χ1n) is 9.62. The first-order chi connectivity index (χ1) is 14.8. The van der Waals surface area contributed by atoms with Crippen molar-refractivity contribution < 1.29 is 4.74 Å². The zero-order chi connectivity index (χ0) is 20.3. The molecule has 7 heteroatoms. The number of anilines is 1. The molecular weight excluding hydrogens is 376 g/mol. The summed E-state index contributed by atoms with van der Waals surface area (Å²) in [6.45, 7) is 0.683. The molecule has 2 aromatic heterocycles. The number of benzene rings is 3. The molecule has 3 aromatic carbocycles. The molecule has 5 rings (SSSR count). The van der Waals surface area contributed by atoms with Crippen LogP contribution in [0.25, 0.3) is 33.8 Å². The Morgan fingerprint density at radius 3 is 2.87 bits per heavy atom. The molecule has 3 N–H and O–H groups in total. The summed E-state index contributed by atoms with van der Waals surface area (Å²) in [6.07, 6.45) is 1.71. The lowest BCUT2D eigenvalue weighted by atomic mass is 10.1. The summed E-state index contributed by atoms with van der Waals surface area (Å²) < 4.78 is 5.30. The maximum Gasteiger partial charge on any atom is 0.181 e. The number of methoxy groups -OCH3 is 1. The maximum atomic E-state index is 5.30. The van der Waals surface area contributed by atoms with E-state index >= 15 is 0 Å². The number of fused-ring (bicyclic) bond motifs is 1. The number of H-pyrrole nitrogens is 2. The van der Waals surface area contributed by atoms with Gasteiger partial charge in [0.15, 0.2) is 11.6 Å². The highest BCUT2D eigenvalue weighted by Gasteiger charge is 2.12. The molecule has 5 aromatic rings. The number of para-hydroxylation sites is 1. The number of nitrogens with zero attached hydrogens (tertiary/aromatic N) is 3. The number of ether oxygens (including phenoxy) is 1. The minimum absolute atomic E-state index is 0.628. The minimum Gasteiger partial charge on any atom is -0.497 e. The first-order valence-corrected chi connectivity index (χ1v) is 9.62. The second-order valence-corrected chi connectivity index (χ2v) is 6.89. The average Bonchev–Trinajstić information content (AvgIpc) is 3.47. The zero-order valence-corrected chi connectivity index (χ0v) is 16.4. The largest absolute Gasteiger partial charge is 0.497 e. The smallest absolute Gasteiger partial charge is 0.181 e. The molecule has 7 nitrogen and oxygen atoms in total. The molecule has 0 saturated heterocycles. The van der Waals surface area contributed by atoms with Crippen LogP contribution in [0.4, 0.5) is 5.69 Å². The normalized spacial score (nSPS) is 11.0. The van der Waals surface area contributed by atoms with Gasteiger partial charge in [-0.2, -0.15) is 5.10 Å². The molecule has 0 amide bonds. The van der Waals surface area contributed by atoms with Crippen molar-refractivity contribution in [2.75, 3.05) is 12.4 Å². The zero-order valence-electron chi connectivity index (χ0n) is 16.4. The van der Waals surface area contributed by atoms with Crippen LogP contribution in [0.5, 0.6) is 5.75 Å². The highest BCUT2D eigenvalue weighted by molar-refractivity contribution is 5.76. The van der Waals surface area contributed by atoms with Crippen LogP contribution in [-0.2, 0) is 6.54 Å². The van der Waals surface area contributed by atoms with Gasteiger partial charge >= 0.3 is 0 Å². The van der Waals surface area contributed by atoms with Gasteiger partial charge in [0.2, 0.25) is 0 Å². The van der Waals surface area contributed by atoms with Gasteiger partial charge in [-0.3, -0.25) is 5.10 Å². The average molecular weight is 396 g/mol. The molecule has 0 aliphatic heterocycles. The summed E-state index contributed by atoms with van der Waals surface area (Å²) in [5.74, 6) is 2.11. The third-order valence-corrected chi connectivity index (χ3v) is 4.96. The van der Waals surface area contributed by atoms with Crippen LogP contribution < -0.4 is 10.1 Å². The number of hydrogen-bond donors (Lipinski definition) is 3. The van der Waals surface area contributed by atoms with E-state index in [2.05, 4.69) is 37.6 Å². The van der Waals surface area contributed by atoms with Crippen LogP contribution >= 0.6 is 0 Å². The van der Waals surface area contributed by atoms with Gasteiger partial charge in [0.25, 0.3) is 0 Å². The van der Waals surface area contributed by atoms with Gasteiger partial charge in [0.05, 0.1) is 24.5 Å². The van der Waals surface area contributed by atoms with Crippen molar-refractivity contribution >= 4 is 16.7 Å². The fourth-order valence-corrected chi connectivity index (χ4v) is 3.41. The van der Waals surface area contributed by atoms with Crippen molar-refractivity contribution in [3.8, 4) is 28.5 Å². The highest BCUT2D eigenvalue weighted by atomic mass is 16.5. The van der Waals surface area contributed by atoms with E-state index in [9.17, 15) is 0 Å². The number of aromatic nitrogens is 5. The van der Waals surface area contributed by atoms with Gasteiger partial charge < -0.3 is 15.0 Å². The van der Waals surface area contributed by atoms with Crippen molar-refractivity contribution in [1.82, 2.24) is 25.1 Å². The van der Waals surface area contributed by atoms with E-state index in [0.717, 1.165) is 39.2 Å². The molecule has 148 valence electrons.